The largest absolute Gasteiger partial charge is 0.320 e. The van der Waals surface area contributed by atoms with Gasteiger partial charge in [0.05, 0.1) is 16.8 Å². The van der Waals surface area contributed by atoms with Crippen LogP contribution in [-0.4, -0.2) is 10.9 Å². The Hall–Kier alpha value is -1.20. The highest BCUT2D eigenvalue weighted by atomic mass is 79.9. The minimum absolute atomic E-state index is 0.0645. The van der Waals surface area contributed by atoms with Crippen molar-refractivity contribution >= 4 is 38.9 Å². The third kappa shape index (κ3) is 2.79. The molecule has 1 N–H and O–H groups in total. The molecule has 2 aromatic heterocycles. The maximum Gasteiger partial charge on any atom is 0.266 e. The molecule has 0 bridgehead atoms. The van der Waals surface area contributed by atoms with Gasteiger partial charge in [0.25, 0.3) is 5.91 Å². The summed E-state index contributed by atoms with van der Waals surface area (Å²) in [6, 6.07) is 3.89. The number of hydrogen-bond acceptors (Lipinski definition) is 3. The van der Waals surface area contributed by atoms with Gasteiger partial charge in [-0.15, -0.1) is 11.3 Å². The van der Waals surface area contributed by atoms with E-state index in [0.717, 1.165) is 32.7 Å². The lowest BCUT2D eigenvalue weighted by Crippen LogP contribution is -2.12. The number of thiophene rings is 1. The Bertz CT molecular complexity index is 580. The van der Waals surface area contributed by atoms with E-state index in [4.69, 9.17) is 0 Å². The molecule has 0 aliphatic heterocycles. The van der Waals surface area contributed by atoms with Gasteiger partial charge in [-0.25, -0.2) is 4.98 Å². The highest BCUT2D eigenvalue weighted by molar-refractivity contribution is 9.10. The third-order valence-electron chi connectivity index (χ3n) is 2.61. The van der Waals surface area contributed by atoms with Gasteiger partial charge in [-0.2, -0.15) is 0 Å². The van der Waals surface area contributed by atoms with E-state index in [1.807, 2.05) is 31.4 Å². The standard InChI is InChI=1S/C13H13BrN2OS/c1-3-9-4-5-18-11(9)13(17)16-10-6-8(2)12(14)15-7-10/h4-7H,3H2,1-2H3,(H,16,17). The fraction of sp³-hybridized carbons (Fsp3) is 0.231. The lowest BCUT2D eigenvalue weighted by Gasteiger charge is -2.06. The molecular weight excluding hydrogens is 312 g/mol. The van der Waals surface area contributed by atoms with Crippen LogP contribution in [0.4, 0.5) is 5.69 Å². The van der Waals surface area contributed by atoms with Crippen LogP contribution in [0.3, 0.4) is 0 Å². The van der Waals surface area contributed by atoms with Crippen molar-refractivity contribution in [3.05, 3.63) is 44.3 Å². The van der Waals surface area contributed by atoms with Crippen molar-refractivity contribution in [2.24, 2.45) is 0 Å². The summed E-state index contributed by atoms with van der Waals surface area (Å²) in [4.78, 5) is 17.0. The van der Waals surface area contributed by atoms with Gasteiger partial charge in [0.1, 0.15) is 4.60 Å². The normalized spacial score (nSPS) is 10.4. The Morgan fingerprint density at radius 2 is 2.33 bits per heavy atom. The Kier molecular flexibility index (Phi) is 4.14. The number of anilines is 1. The number of nitrogens with one attached hydrogen (secondary N) is 1. The van der Waals surface area contributed by atoms with Crippen molar-refractivity contribution in [3.63, 3.8) is 0 Å². The van der Waals surface area contributed by atoms with Crippen molar-refractivity contribution in [1.82, 2.24) is 4.98 Å². The third-order valence-corrected chi connectivity index (χ3v) is 4.39. The van der Waals surface area contributed by atoms with Crippen LogP contribution in [0, 0.1) is 6.92 Å². The van der Waals surface area contributed by atoms with Gasteiger partial charge in [0, 0.05) is 0 Å². The Balaban J connectivity index is 2.19. The van der Waals surface area contributed by atoms with Crippen molar-refractivity contribution in [1.29, 1.82) is 0 Å². The molecule has 18 heavy (non-hydrogen) atoms. The maximum atomic E-state index is 12.1. The van der Waals surface area contributed by atoms with E-state index in [1.54, 1.807) is 6.20 Å². The van der Waals surface area contributed by atoms with Crippen LogP contribution in [0.15, 0.2) is 28.3 Å². The molecule has 0 spiro atoms. The van der Waals surface area contributed by atoms with Crippen LogP contribution in [-0.2, 0) is 6.42 Å². The minimum atomic E-state index is -0.0645. The molecule has 0 unspecified atom stereocenters. The highest BCUT2D eigenvalue weighted by Crippen LogP contribution is 2.21. The zero-order valence-corrected chi connectivity index (χ0v) is 12.6. The van der Waals surface area contributed by atoms with Crippen LogP contribution in [0.1, 0.15) is 27.7 Å². The quantitative estimate of drug-likeness (QED) is 0.866. The Labute approximate surface area is 118 Å². The van der Waals surface area contributed by atoms with Crippen molar-refractivity contribution in [2.45, 2.75) is 20.3 Å². The summed E-state index contributed by atoms with van der Waals surface area (Å²) in [5.41, 5.74) is 2.80. The average molecular weight is 325 g/mol. The summed E-state index contributed by atoms with van der Waals surface area (Å²) in [6.45, 7) is 3.99. The average Bonchev–Trinajstić information content (AvgIpc) is 2.82. The van der Waals surface area contributed by atoms with Gasteiger partial charge in [-0.1, -0.05) is 6.92 Å². The van der Waals surface area contributed by atoms with Gasteiger partial charge >= 0.3 is 0 Å². The molecule has 2 heterocycles. The number of nitrogens with zero attached hydrogens (tertiary/aromatic N) is 1. The fourth-order valence-electron chi connectivity index (χ4n) is 1.63. The molecule has 0 saturated carbocycles. The van der Waals surface area contributed by atoms with Gasteiger partial charge in [0.2, 0.25) is 0 Å². The molecule has 1 amide bonds. The molecule has 0 atom stereocenters. The molecule has 0 aliphatic carbocycles. The summed E-state index contributed by atoms with van der Waals surface area (Å²) < 4.78 is 0.797. The second kappa shape index (κ2) is 5.63. The van der Waals surface area contributed by atoms with Gasteiger partial charge in [-0.3, -0.25) is 4.79 Å². The SMILES string of the molecule is CCc1ccsc1C(=O)Nc1cnc(Br)c(C)c1. The van der Waals surface area contributed by atoms with Crippen LogP contribution in [0.2, 0.25) is 0 Å². The lowest BCUT2D eigenvalue weighted by atomic mass is 10.2. The lowest BCUT2D eigenvalue weighted by molar-refractivity contribution is 0.103. The number of halogens is 1. The second-order valence-electron chi connectivity index (χ2n) is 3.91. The monoisotopic (exact) mass is 324 g/mol. The molecule has 0 aliphatic rings. The molecule has 2 aromatic rings. The first-order valence-corrected chi connectivity index (χ1v) is 7.29. The number of rotatable bonds is 3. The van der Waals surface area contributed by atoms with E-state index in [9.17, 15) is 4.79 Å². The summed E-state index contributed by atoms with van der Waals surface area (Å²) in [7, 11) is 0. The van der Waals surface area contributed by atoms with E-state index >= 15 is 0 Å². The minimum Gasteiger partial charge on any atom is -0.320 e. The molecule has 0 saturated heterocycles. The summed E-state index contributed by atoms with van der Waals surface area (Å²) >= 11 is 4.80. The van der Waals surface area contributed by atoms with E-state index in [2.05, 4.69) is 26.2 Å². The van der Waals surface area contributed by atoms with E-state index in [1.165, 1.54) is 11.3 Å². The second-order valence-corrected chi connectivity index (χ2v) is 5.58. The predicted molar refractivity (Wildman–Crippen MR) is 78.3 cm³/mol. The van der Waals surface area contributed by atoms with E-state index in [0.29, 0.717) is 0 Å². The first kappa shape index (κ1) is 13.2. The predicted octanol–water partition coefficient (Wildman–Crippen LogP) is 4.03. The van der Waals surface area contributed by atoms with E-state index in [-0.39, 0.29) is 5.91 Å². The number of carbonyl (C=O) groups is 1. The molecule has 0 radical (unpaired) electrons. The van der Waals surface area contributed by atoms with Crippen molar-refractivity contribution < 1.29 is 4.79 Å². The molecular formula is C13H13BrN2OS. The molecule has 5 heteroatoms. The maximum absolute atomic E-state index is 12.1. The number of aromatic nitrogens is 1. The highest BCUT2D eigenvalue weighted by Gasteiger charge is 2.12. The Morgan fingerprint density at radius 1 is 1.56 bits per heavy atom. The fourth-order valence-corrected chi connectivity index (χ4v) is 2.73. The van der Waals surface area contributed by atoms with Crippen molar-refractivity contribution in [2.75, 3.05) is 5.32 Å². The molecule has 0 aromatic carbocycles. The van der Waals surface area contributed by atoms with Gasteiger partial charge in [-0.05, 0) is 57.9 Å². The van der Waals surface area contributed by atoms with Gasteiger partial charge in [0.15, 0.2) is 0 Å². The first-order valence-electron chi connectivity index (χ1n) is 5.61. The zero-order chi connectivity index (χ0) is 13.1. The molecule has 0 fully saturated rings. The number of amides is 1. The molecule has 3 nitrogen and oxygen atoms in total. The number of pyridine rings is 1. The van der Waals surface area contributed by atoms with Crippen molar-refractivity contribution in [3.8, 4) is 0 Å². The van der Waals surface area contributed by atoms with Crippen LogP contribution in [0.5, 0.6) is 0 Å². The Morgan fingerprint density at radius 3 is 3.00 bits per heavy atom. The first-order chi connectivity index (χ1) is 8.61. The molecule has 2 rings (SSSR count). The number of hydrogen-bond donors (Lipinski definition) is 1. The topological polar surface area (TPSA) is 42.0 Å². The summed E-state index contributed by atoms with van der Waals surface area (Å²) in [6.07, 6.45) is 2.51. The number of aryl methyl sites for hydroxylation is 2. The zero-order valence-electron chi connectivity index (χ0n) is 10.2. The smallest absolute Gasteiger partial charge is 0.266 e. The summed E-state index contributed by atoms with van der Waals surface area (Å²) in [5.74, 6) is -0.0645. The van der Waals surface area contributed by atoms with Gasteiger partial charge < -0.3 is 5.32 Å². The number of carbonyl (C=O) groups excluding carboxylic acids is 1. The van der Waals surface area contributed by atoms with E-state index < -0.39 is 0 Å². The van der Waals surface area contributed by atoms with Crippen LogP contribution in [0.25, 0.3) is 0 Å². The van der Waals surface area contributed by atoms with Crippen LogP contribution >= 0.6 is 27.3 Å². The van der Waals surface area contributed by atoms with Crippen LogP contribution < -0.4 is 5.32 Å². The summed E-state index contributed by atoms with van der Waals surface area (Å²) in [5, 5.41) is 4.82. The molecule has 94 valence electrons.